The van der Waals surface area contributed by atoms with E-state index in [1.165, 1.54) is 187 Å². The van der Waals surface area contributed by atoms with E-state index >= 15 is 0 Å². The molecule has 296 valence electrons. The van der Waals surface area contributed by atoms with Crippen molar-refractivity contribution in [2.24, 2.45) is 11.8 Å². The molecule has 6 aromatic rings. The molecule has 0 aliphatic carbocycles. The molecule has 0 spiro atoms. The van der Waals surface area contributed by atoms with Crippen LogP contribution in [0.2, 0.25) is 0 Å². The van der Waals surface area contributed by atoms with Gasteiger partial charge >= 0.3 is 0 Å². The van der Waals surface area contributed by atoms with E-state index in [-0.39, 0.29) is 0 Å². The molecule has 0 aliphatic rings. The van der Waals surface area contributed by atoms with Gasteiger partial charge in [-0.05, 0) is 59.7 Å². The summed E-state index contributed by atoms with van der Waals surface area (Å²) in [6, 6.07) is 10.3. The van der Waals surface area contributed by atoms with Crippen molar-refractivity contribution in [1.29, 1.82) is 0 Å². The highest BCUT2D eigenvalue weighted by Gasteiger charge is 2.23. The number of rotatable bonds is 28. The van der Waals surface area contributed by atoms with Crippen molar-refractivity contribution in [3.63, 3.8) is 0 Å². The van der Waals surface area contributed by atoms with Gasteiger partial charge in [0.1, 0.15) is 0 Å². The van der Waals surface area contributed by atoms with Crippen LogP contribution in [0.5, 0.6) is 0 Å². The van der Waals surface area contributed by atoms with E-state index < -0.39 is 0 Å². The van der Waals surface area contributed by atoms with Crippen LogP contribution in [-0.4, -0.2) is 0 Å². The molecule has 4 aromatic heterocycles. The van der Waals surface area contributed by atoms with Gasteiger partial charge in [0.05, 0.1) is 9.40 Å². The number of fused-ring (bicyclic) bond motifs is 11. The minimum absolute atomic E-state index is 0.820. The largest absolute Gasteiger partial charge is 0.142 e. The van der Waals surface area contributed by atoms with Gasteiger partial charge in [-0.15, -0.1) is 45.3 Å². The van der Waals surface area contributed by atoms with Gasteiger partial charge in [0.25, 0.3) is 0 Å². The van der Waals surface area contributed by atoms with Crippen LogP contribution in [0.15, 0.2) is 35.0 Å². The summed E-state index contributed by atoms with van der Waals surface area (Å²) in [7, 11) is 0. The minimum atomic E-state index is 0.820. The fourth-order valence-electron chi connectivity index (χ4n) is 9.37. The van der Waals surface area contributed by atoms with Gasteiger partial charge in [0, 0.05) is 51.5 Å². The molecule has 0 radical (unpaired) electrons. The molecule has 0 saturated carbocycles. The van der Waals surface area contributed by atoms with Crippen LogP contribution in [0.1, 0.15) is 192 Å². The minimum Gasteiger partial charge on any atom is -0.142 e. The van der Waals surface area contributed by atoms with Crippen LogP contribution in [0.4, 0.5) is 0 Å². The highest BCUT2D eigenvalue weighted by molar-refractivity contribution is 7.27. The van der Waals surface area contributed by atoms with Crippen molar-refractivity contribution >= 4 is 96.5 Å². The molecule has 0 nitrogen and oxygen atoms in total. The number of hydrogen-bond donors (Lipinski definition) is 0. The Morgan fingerprint density at radius 2 is 0.722 bits per heavy atom. The molecule has 0 fully saturated rings. The van der Waals surface area contributed by atoms with Crippen LogP contribution in [0.3, 0.4) is 0 Å². The molecule has 0 aliphatic heterocycles. The molecule has 0 bridgehead atoms. The number of thiophene rings is 4. The Balaban J connectivity index is 1.35. The molecule has 6 rings (SSSR count). The summed E-state index contributed by atoms with van der Waals surface area (Å²) in [5.41, 5.74) is 0. The molecule has 0 N–H and O–H groups in total. The van der Waals surface area contributed by atoms with Gasteiger partial charge in [-0.1, -0.05) is 182 Å². The fraction of sp³-hybridized carbons (Fsp3) is 0.640. The van der Waals surface area contributed by atoms with Gasteiger partial charge in [0.2, 0.25) is 0 Å². The average molecular weight is 801 g/mol. The molecular weight excluding hydrogens is 729 g/mol. The Hall–Kier alpha value is -1.46. The fourth-order valence-corrected chi connectivity index (χ4v) is 14.1. The van der Waals surface area contributed by atoms with Crippen LogP contribution in [0, 0.1) is 11.8 Å². The van der Waals surface area contributed by atoms with E-state index in [0.29, 0.717) is 0 Å². The first kappa shape index (κ1) is 42.2. The van der Waals surface area contributed by atoms with E-state index in [1.807, 2.05) is 22.7 Å². The lowest BCUT2D eigenvalue weighted by atomic mass is 9.90. The van der Waals surface area contributed by atoms with E-state index in [9.17, 15) is 0 Å². The zero-order valence-electron chi connectivity index (χ0n) is 34.6. The topological polar surface area (TPSA) is 0 Å². The second kappa shape index (κ2) is 22.5. The van der Waals surface area contributed by atoms with Crippen LogP contribution >= 0.6 is 45.3 Å². The summed E-state index contributed by atoms with van der Waals surface area (Å²) in [5, 5.41) is 13.9. The predicted molar refractivity (Wildman–Crippen MR) is 253 cm³/mol. The van der Waals surface area contributed by atoms with Crippen molar-refractivity contribution < 1.29 is 0 Å². The maximum Gasteiger partial charge on any atom is 0.0528 e. The molecule has 2 atom stereocenters. The number of unbranched alkanes of at least 4 members (excludes halogenated alkanes) is 16. The molecule has 2 aromatic carbocycles. The van der Waals surface area contributed by atoms with E-state index in [4.69, 9.17) is 0 Å². The first-order valence-corrected chi connectivity index (χ1v) is 26.2. The number of hydrogen-bond acceptors (Lipinski definition) is 4. The smallest absolute Gasteiger partial charge is 0.0528 e. The maximum atomic E-state index is 2.69. The van der Waals surface area contributed by atoms with Crippen molar-refractivity contribution in [1.82, 2.24) is 0 Å². The lowest BCUT2D eigenvalue weighted by Gasteiger charge is -2.16. The molecule has 0 saturated heterocycles. The third-order valence-corrected chi connectivity index (χ3v) is 16.8. The Kier molecular flexibility index (Phi) is 17.5. The normalized spacial score (nSPS) is 13.5. The van der Waals surface area contributed by atoms with Gasteiger partial charge in [0.15, 0.2) is 0 Å². The van der Waals surface area contributed by atoms with Gasteiger partial charge < -0.3 is 0 Å². The third-order valence-electron chi connectivity index (χ3n) is 12.5. The van der Waals surface area contributed by atoms with E-state index in [2.05, 4.69) is 85.4 Å². The molecule has 2 unspecified atom stereocenters. The van der Waals surface area contributed by atoms with Gasteiger partial charge in [-0.2, -0.15) is 0 Å². The van der Waals surface area contributed by atoms with Crippen molar-refractivity contribution in [3.05, 3.63) is 44.8 Å². The lowest BCUT2D eigenvalue weighted by Crippen LogP contribution is -2.04. The van der Waals surface area contributed by atoms with Crippen molar-refractivity contribution in [2.45, 2.75) is 195 Å². The highest BCUT2D eigenvalue weighted by Crippen LogP contribution is 2.51. The third kappa shape index (κ3) is 10.9. The van der Waals surface area contributed by atoms with E-state index in [1.54, 1.807) is 40.7 Å². The van der Waals surface area contributed by atoms with Crippen molar-refractivity contribution in [3.8, 4) is 0 Å². The predicted octanol–water partition coefficient (Wildman–Crippen LogP) is 19.5. The van der Waals surface area contributed by atoms with Gasteiger partial charge in [-0.3, -0.25) is 0 Å². The summed E-state index contributed by atoms with van der Waals surface area (Å²) >= 11 is 8.23. The molecule has 4 heteroatoms. The summed E-state index contributed by atoms with van der Waals surface area (Å²) in [6.07, 6.45) is 36.1. The molecule has 54 heavy (non-hydrogen) atoms. The second-order valence-electron chi connectivity index (χ2n) is 16.9. The quantitative estimate of drug-likeness (QED) is 0.0434. The first-order chi connectivity index (χ1) is 26.7. The summed E-state index contributed by atoms with van der Waals surface area (Å²) in [5.74, 6) is 1.64. The Morgan fingerprint density at radius 3 is 1.09 bits per heavy atom. The zero-order valence-corrected chi connectivity index (χ0v) is 37.9. The van der Waals surface area contributed by atoms with Gasteiger partial charge in [-0.25, -0.2) is 0 Å². The first-order valence-electron chi connectivity index (χ1n) is 22.8. The molecular formula is C50H72S4. The van der Waals surface area contributed by atoms with Crippen molar-refractivity contribution in [2.75, 3.05) is 0 Å². The van der Waals surface area contributed by atoms with Crippen LogP contribution in [-0.2, 0) is 12.8 Å². The van der Waals surface area contributed by atoms with Crippen LogP contribution in [0.25, 0.3) is 51.1 Å². The molecule has 4 heterocycles. The molecule has 0 amide bonds. The SMILES string of the molecule is CCCCCCCCC(CCCCCC)Cc1cc2c3cc(CC(CCCCCC)CCCCCCCC)sc3c3c4ccsc4c4sccc4c3c2s1. The summed E-state index contributed by atoms with van der Waals surface area (Å²) in [4.78, 5) is 3.28. The second-order valence-corrected chi connectivity index (χ2v) is 21.0. The zero-order chi connectivity index (χ0) is 37.5. The monoisotopic (exact) mass is 800 g/mol. The van der Waals surface area contributed by atoms with E-state index in [0.717, 1.165) is 11.8 Å². The van der Waals surface area contributed by atoms with Crippen LogP contribution < -0.4 is 0 Å². The Morgan fingerprint density at radius 1 is 0.389 bits per heavy atom. The number of benzene rings is 2. The summed E-state index contributed by atoms with van der Waals surface area (Å²) < 4.78 is 6.15. The summed E-state index contributed by atoms with van der Waals surface area (Å²) in [6.45, 7) is 9.37. The Labute approximate surface area is 345 Å². The Bertz CT molecular complexity index is 1820. The maximum absolute atomic E-state index is 2.69. The average Bonchev–Trinajstić information content (AvgIpc) is 4.00. The standard InChI is InChI=1S/C50H72S4/c1-5-9-13-17-19-23-27-37(25-21-15-11-7-3)33-39-35-43-44-36-40(34-38(26-22-16-12-8-4)28-24-20-18-14-10-6-2)54-48(44)46-42-30-32-52-50(42)49-41(29-31-51-49)45(46)47(43)53-39/h29-32,35-38H,5-28,33-34H2,1-4H3. The highest BCUT2D eigenvalue weighted by atomic mass is 32.1. The lowest BCUT2D eigenvalue weighted by molar-refractivity contribution is 0.404.